The fourth-order valence-electron chi connectivity index (χ4n) is 4.43. The third-order valence-electron chi connectivity index (χ3n) is 5.93. The van der Waals surface area contributed by atoms with Gasteiger partial charge in [0.15, 0.2) is 0 Å². The lowest BCUT2D eigenvalue weighted by Gasteiger charge is -2.39. The number of benzene rings is 1. The van der Waals surface area contributed by atoms with Crippen LogP contribution in [0.3, 0.4) is 0 Å². The van der Waals surface area contributed by atoms with E-state index in [2.05, 4.69) is 27.1 Å². The largest absolute Gasteiger partial charge is 0.348 e. The lowest BCUT2D eigenvalue weighted by Crippen LogP contribution is -2.52. The van der Waals surface area contributed by atoms with Gasteiger partial charge in [-0.15, -0.1) is 0 Å². The molecule has 2 bridgehead atoms. The van der Waals surface area contributed by atoms with Crippen molar-refractivity contribution < 1.29 is 9.59 Å². The predicted molar refractivity (Wildman–Crippen MR) is 106 cm³/mol. The van der Waals surface area contributed by atoms with Gasteiger partial charge in [-0.05, 0) is 56.7 Å². The number of fused-ring (bicyclic) bond motifs is 2. The first-order valence-corrected chi connectivity index (χ1v) is 10.1. The average Bonchev–Trinajstić information content (AvgIpc) is 2.98. The number of aromatic nitrogens is 2. The number of aryl methyl sites for hydroxylation is 2. The molecule has 3 atom stereocenters. The SMILES string of the molecule is CCc1ccc(C(=O)N2[C@@H]3CC[C@H]2CC(NC(=O)c2cnc(C)cn2)C3)cc1. The number of piperidine rings is 1. The number of hydrogen-bond acceptors (Lipinski definition) is 4. The minimum absolute atomic E-state index is 0.0691. The fraction of sp³-hybridized carbons (Fsp3) is 0.455. The van der Waals surface area contributed by atoms with E-state index in [4.69, 9.17) is 0 Å². The zero-order valence-electron chi connectivity index (χ0n) is 16.4. The number of nitrogens with zero attached hydrogens (tertiary/aromatic N) is 3. The maximum atomic E-state index is 13.1. The zero-order valence-corrected chi connectivity index (χ0v) is 16.4. The van der Waals surface area contributed by atoms with Crippen LogP contribution < -0.4 is 5.32 Å². The Balaban J connectivity index is 1.41. The second-order valence-corrected chi connectivity index (χ2v) is 7.83. The molecule has 2 aliphatic heterocycles. The Bertz CT molecular complexity index is 849. The molecule has 1 unspecified atom stereocenters. The molecular weight excluding hydrogens is 352 g/mol. The summed E-state index contributed by atoms with van der Waals surface area (Å²) in [5.41, 5.74) is 3.12. The van der Waals surface area contributed by atoms with E-state index in [1.165, 1.54) is 11.8 Å². The van der Waals surface area contributed by atoms with Crippen molar-refractivity contribution in [3.8, 4) is 0 Å². The van der Waals surface area contributed by atoms with Crippen molar-refractivity contribution in [2.24, 2.45) is 0 Å². The van der Waals surface area contributed by atoms with Crippen molar-refractivity contribution in [2.75, 3.05) is 0 Å². The van der Waals surface area contributed by atoms with Crippen LogP contribution in [0.15, 0.2) is 36.7 Å². The zero-order chi connectivity index (χ0) is 19.7. The van der Waals surface area contributed by atoms with Crippen LogP contribution in [-0.2, 0) is 6.42 Å². The average molecular weight is 378 g/mol. The van der Waals surface area contributed by atoms with Crippen LogP contribution in [0.5, 0.6) is 0 Å². The Labute approximate surface area is 165 Å². The van der Waals surface area contributed by atoms with Crippen molar-refractivity contribution in [3.05, 3.63) is 59.2 Å². The van der Waals surface area contributed by atoms with Gasteiger partial charge < -0.3 is 10.2 Å². The molecule has 6 heteroatoms. The Morgan fingerprint density at radius 1 is 1.07 bits per heavy atom. The highest BCUT2D eigenvalue weighted by Crippen LogP contribution is 2.37. The first kappa shape index (κ1) is 18.6. The number of carbonyl (C=O) groups excluding carboxylic acids is 2. The summed E-state index contributed by atoms with van der Waals surface area (Å²) in [6.45, 7) is 3.95. The summed E-state index contributed by atoms with van der Waals surface area (Å²) in [6.07, 6.45) is 7.67. The number of carbonyl (C=O) groups is 2. The molecule has 2 saturated heterocycles. The van der Waals surface area contributed by atoms with Crippen molar-refractivity contribution in [1.29, 1.82) is 0 Å². The van der Waals surface area contributed by atoms with E-state index >= 15 is 0 Å². The van der Waals surface area contributed by atoms with Crippen LogP contribution in [0.4, 0.5) is 0 Å². The van der Waals surface area contributed by atoms with Gasteiger partial charge >= 0.3 is 0 Å². The summed E-state index contributed by atoms with van der Waals surface area (Å²) in [6, 6.07) is 8.38. The predicted octanol–water partition coefficient (Wildman–Crippen LogP) is 2.91. The smallest absolute Gasteiger partial charge is 0.271 e. The maximum absolute atomic E-state index is 13.1. The second-order valence-electron chi connectivity index (χ2n) is 7.83. The van der Waals surface area contributed by atoms with E-state index in [-0.39, 0.29) is 29.9 Å². The second kappa shape index (κ2) is 7.70. The van der Waals surface area contributed by atoms with Gasteiger partial charge in [-0.3, -0.25) is 14.6 Å². The molecule has 0 saturated carbocycles. The van der Waals surface area contributed by atoms with E-state index in [1.54, 1.807) is 6.20 Å². The Kier molecular flexibility index (Phi) is 5.11. The summed E-state index contributed by atoms with van der Waals surface area (Å²) >= 11 is 0. The highest BCUT2D eigenvalue weighted by atomic mass is 16.2. The van der Waals surface area contributed by atoms with E-state index < -0.39 is 0 Å². The highest BCUT2D eigenvalue weighted by Gasteiger charge is 2.43. The summed E-state index contributed by atoms with van der Waals surface area (Å²) in [4.78, 5) is 35.9. The lowest BCUT2D eigenvalue weighted by molar-refractivity contribution is 0.0549. The molecular formula is C22H26N4O2. The number of nitrogens with one attached hydrogen (secondary N) is 1. The van der Waals surface area contributed by atoms with Gasteiger partial charge in [0, 0.05) is 29.9 Å². The quantitative estimate of drug-likeness (QED) is 0.888. The first-order chi connectivity index (χ1) is 13.5. The molecule has 0 spiro atoms. The van der Waals surface area contributed by atoms with Crippen molar-refractivity contribution in [3.63, 3.8) is 0 Å². The van der Waals surface area contributed by atoms with Crippen LogP contribution in [0.2, 0.25) is 0 Å². The maximum Gasteiger partial charge on any atom is 0.271 e. The molecule has 0 aliphatic carbocycles. The van der Waals surface area contributed by atoms with Gasteiger partial charge in [-0.1, -0.05) is 19.1 Å². The van der Waals surface area contributed by atoms with Gasteiger partial charge in [0.2, 0.25) is 0 Å². The standard InChI is InChI=1S/C22H26N4O2/c1-3-15-4-6-16(7-5-15)22(28)26-18-8-9-19(26)11-17(10-18)25-21(27)20-13-23-14(2)12-24-20/h4-7,12-13,17-19H,3,8-11H2,1-2H3,(H,25,27)/t17?,18-,19+. The Hall–Kier alpha value is -2.76. The molecule has 1 aromatic carbocycles. The first-order valence-electron chi connectivity index (χ1n) is 10.1. The van der Waals surface area contributed by atoms with Crippen LogP contribution in [-0.4, -0.2) is 44.8 Å². The molecule has 1 aromatic heterocycles. The van der Waals surface area contributed by atoms with Crippen molar-refractivity contribution >= 4 is 11.8 Å². The van der Waals surface area contributed by atoms with Gasteiger partial charge in [0.25, 0.3) is 11.8 Å². The molecule has 2 aromatic rings. The summed E-state index contributed by atoms with van der Waals surface area (Å²) in [7, 11) is 0. The van der Waals surface area contributed by atoms with E-state index in [9.17, 15) is 9.59 Å². The molecule has 2 aliphatic rings. The van der Waals surface area contributed by atoms with Crippen molar-refractivity contribution in [2.45, 2.75) is 64.1 Å². The summed E-state index contributed by atoms with van der Waals surface area (Å²) in [5.74, 6) is -0.0730. The topological polar surface area (TPSA) is 75.2 Å². The summed E-state index contributed by atoms with van der Waals surface area (Å²) in [5, 5.41) is 3.09. The Morgan fingerprint density at radius 3 is 2.32 bits per heavy atom. The molecule has 0 radical (unpaired) electrons. The molecule has 6 nitrogen and oxygen atoms in total. The molecule has 2 amide bonds. The highest BCUT2D eigenvalue weighted by molar-refractivity contribution is 5.95. The lowest BCUT2D eigenvalue weighted by atomic mass is 9.96. The minimum atomic E-state index is -0.188. The molecule has 146 valence electrons. The van der Waals surface area contributed by atoms with Crippen LogP contribution in [0.25, 0.3) is 0 Å². The Morgan fingerprint density at radius 2 is 1.75 bits per heavy atom. The number of hydrogen-bond donors (Lipinski definition) is 1. The monoisotopic (exact) mass is 378 g/mol. The molecule has 1 N–H and O–H groups in total. The van der Waals surface area contributed by atoms with Gasteiger partial charge in [0.1, 0.15) is 5.69 Å². The number of rotatable bonds is 4. The number of amides is 2. The van der Waals surface area contributed by atoms with E-state index in [1.807, 2.05) is 31.2 Å². The third kappa shape index (κ3) is 3.63. The van der Waals surface area contributed by atoms with Crippen LogP contribution in [0, 0.1) is 6.92 Å². The normalized spacial score (nSPS) is 23.5. The molecule has 4 rings (SSSR count). The third-order valence-corrected chi connectivity index (χ3v) is 5.93. The van der Waals surface area contributed by atoms with Crippen molar-refractivity contribution in [1.82, 2.24) is 20.2 Å². The van der Waals surface area contributed by atoms with Gasteiger partial charge in [0.05, 0.1) is 11.9 Å². The van der Waals surface area contributed by atoms with Crippen LogP contribution in [0.1, 0.15) is 64.7 Å². The van der Waals surface area contributed by atoms with Gasteiger partial charge in [-0.25, -0.2) is 4.98 Å². The minimum Gasteiger partial charge on any atom is -0.348 e. The van der Waals surface area contributed by atoms with Gasteiger partial charge in [-0.2, -0.15) is 0 Å². The van der Waals surface area contributed by atoms with Crippen LogP contribution >= 0.6 is 0 Å². The summed E-state index contributed by atoms with van der Waals surface area (Å²) < 4.78 is 0. The van der Waals surface area contributed by atoms with E-state index in [0.29, 0.717) is 5.69 Å². The molecule has 28 heavy (non-hydrogen) atoms. The molecule has 3 heterocycles. The fourth-order valence-corrected chi connectivity index (χ4v) is 4.43. The molecule has 2 fully saturated rings. The van der Waals surface area contributed by atoms with E-state index in [0.717, 1.165) is 43.4 Å².